The average Bonchev–Trinajstić information content (AvgIpc) is 2.80. The van der Waals surface area contributed by atoms with Crippen LogP contribution >= 0.6 is 39.1 Å². The number of carbonyl (C=O) groups is 1. The van der Waals surface area contributed by atoms with Crippen LogP contribution in [0.5, 0.6) is 11.5 Å². The van der Waals surface area contributed by atoms with Gasteiger partial charge in [0.25, 0.3) is 0 Å². The Morgan fingerprint density at radius 1 is 1.05 bits per heavy atom. The van der Waals surface area contributed by atoms with Crippen LogP contribution in [0.2, 0.25) is 10.0 Å². The predicted octanol–water partition coefficient (Wildman–Crippen LogP) is 7.21. The van der Waals surface area contributed by atoms with E-state index in [1.165, 1.54) is 17.0 Å². The molecule has 1 unspecified atom stereocenters. The van der Waals surface area contributed by atoms with Crippen LogP contribution in [0, 0.1) is 12.8 Å². The van der Waals surface area contributed by atoms with Crippen molar-refractivity contribution < 1.29 is 17.9 Å². The van der Waals surface area contributed by atoms with Crippen LogP contribution in [0.15, 0.2) is 70.0 Å². The van der Waals surface area contributed by atoms with E-state index in [4.69, 9.17) is 27.9 Å². The summed E-state index contributed by atoms with van der Waals surface area (Å²) in [5.41, 5.74) is 1.88. The highest BCUT2D eigenvalue weighted by atomic mass is 79.9. The number of nitrogens with one attached hydrogen (secondary N) is 1. The summed E-state index contributed by atoms with van der Waals surface area (Å²) < 4.78 is 35.9. The quantitative estimate of drug-likeness (QED) is 0.258. The zero-order valence-electron chi connectivity index (χ0n) is 21.0. The van der Waals surface area contributed by atoms with Gasteiger partial charge in [-0.1, -0.05) is 82.8 Å². The summed E-state index contributed by atoms with van der Waals surface area (Å²) in [7, 11) is -2.54. The molecule has 3 aromatic carbocycles. The lowest BCUT2D eigenvalue weighted by Gasteiger charge is -2.26. The molecule has 0 saturated carbocycles. The normalized spacial score (nSPS) is 12.4. The molecule has 3 rings (SSSR count). The van der Waals surface area contributed by atoms with Crippen molar-refractivity contribution in [1.29, 1.82) is 0 Å². The zero-order valence-corrected chi connectivity index (χ0v) is 24.9. The standard InChI is InChI=1S/C27H29BrCl2N2O4S/c1-17(2)14-24(31-37(34,35)26-22(29)6-5-7-23(26)30)27(33)32(4)16-19-10-11-20(28)15-25(19)36-21-12-8-18(3)9-13-21/h5-13,15,17,24,31H,14,16H2,1-4H3. The summed E-state index contributed by atoms with van der Waals surface area (Å²) in [6.07, 6.45) is 0.289. The van der Waals surface area contributed by atoms with Crippen molar-refractivity contribution in [3.8, 4) is 11.5 Å². The lowest BCUT2D eigenvalue weighted by molar-refractivity contribution is -0.132. The Hall–Kier alpha value is -2.10. The molecular weight excluding hydrogens is 599 g/mol. The molecule has 198 valence electrons. The second-order valence-electron chi connectivity index (χ2n) is 9.22. The highest BCUT2D eigenvalue weighted by Crippen LogP contribution is 2.31. The van der Waals surface area contributed by atoms with E-state index in [-0.39, 0.29) is 39.7 Å². The third-order valence-electron chi connectivity index (χ3n) is 5.55. The van der Waals surface area contributed by atoms with E-state index in [1.807, 2.05) is 63.2 Å². The Bertz CT molecular complexity index is 1350. The van der Waals surface area contributed by atoms with Crippen LogP contribution in [0.1, 0.15) is 31.4 Å². The molecule has 1 amide bonds. The Labute approximate surface area is 237 Å². The minimum Gasteiger partial charge on any atom is -0.457 e. The van der Waals surface area contributed by atoms with Gasteiger partial charge in [-0.15, -0.1) is 0 Å². The SMILES string of the molecule is Cc1ccc(Oc2cc(Br)ccc2CN(C)C(=O)C(CC(C)C)NS(=O)(=O)c2c(Cl)cccc2Cl)cc1. The maximum Gasteiger partial charge on any atom is 0.244 e. The number of halogens is 3. The smallest absolute Gasteiger partial charge is 0.244 e. The van der Waals surface area contributed by atoms with Gasteiger partial charge in [0, 0.05) is 23.6 Å². The number of carbonyl (C=O) groups excluding carboxylic acids is 1. The Kier molecular flexibility index (Phi) is 10.1. The molecular formula is C27H29BrCl2N2O4S. The molecule has 3 aromatic rings. The summed E-state index contributed by atoms with van der Waals surface area (Å²) in [4.78, 5) is 14.8. The largest absolute Gasteiger partial charge is 0.457 e. The van der Waals surface area contributed by atoms with Crippen LogP contribution in [0.4, 0.5) is 0 Å². The minimum absolute atomic E-state index is 0.0168. The molecule has 0 aromatic heterocycles. The van der Waals surface area contributed by atoms with Crippen LogP contribution in [0.3, 0.4) is 0 Å². The van der Waals surface area contributed by atoms with Crippen molar-refractivity contribution in [2.24, 2.45) is 5.92 Å². The van der Waals surface area contributed by atoms with Gasteiger partial charge in [-0.3, -0.25) is 4.79 Å². The summed E-state index contributed by atoms with van der Waals surface area (Å²) in [6, 6.07) is 16.7. The number of likely N-dealkylation sites (N-methyl/N-ethyl adjacent to an activating group) is 1. The van der Waals surface area contributed by atoms with Crippen molar-refractivity contribution in [3.05, 3.63) is 86.3 Å². The van der Waals surface area contributed by atoms with E-state index in [1.54, 1.807) is 13.1 Å². The molecule has 1 atom stereocenters. The lowest BCUT2D eigenvalue weighted by atomic mass is 10.0. The van der Waals surface area contributed by atoms with E-state index in [0.717, 1.165) is 15.6 Å². The van der Waals surface area contributed by atoms with Crippen molar-refractivity contribution in [2.45, 2.75) is 44.7 Å². The number of benzene rings is 3. The Morgan fingerprint density at radius 2 is 1.68 bits per heavy atom. The van der Waals surface area contributed by atoms with Crippen molar-refractivity contribution in [3.63, 3.8) is 0 Å². The molecule has 0 spiro atoms. The molecule has 37 heavy (non-hydrogen) atoms. The van der Waals surface area contributed by atoms with E-state index in [0.29, 0.717) is 11.5 Å². The molecule has 0 radical (unpaired) electrons. The monoisotopic (exact) mass is 626 g/mol. The molecule has 0 bridgehead atoms. The molecule has 0 aliphatic rings. The maximum absolute atomic E-state index is 13.5. The third-order valence-corrected chi connectivity index (χ3v) is 8.47. The number of rotatable bonds is 10. The molecule has 0 saturated heterocycles. The topological polar surface area (TPSA) is 75.7 Å². The molecule has 1 N–H and O–H groups in total. The number of sulfonamides is 1. The lowest BCUT2D eigenvalue weighted by Crippen LogP contribution is -2.47. The van der Waals surface area contributed by atoms with Crippen molar-refractivity contribution in [1.82, 2.24) is 9.62 Å². The highest BCUT2D eigenvalue weighted by molar-refractivity contribution is 9.10. The van der Waals surface area contributed by atoms with E-state index in [9.17, 15) is 13.2 Å². The van der Waals surface area contributed by atoms with Gasteiger partial charge in [0.1, 0.15) is 22.4 Å². The van der Waals surface area contributed by atoms with E-state index in [2.05, 4.69) is 20.7 Å². The fourth-order valence-corrected chi connectivity index (χ4v) is 6.43. The molecule has 10 heteroatoms. The average molecular weight is 628 g/mol. The van der Waals surface area contributed by atoms with Gasteiger partial charge in [-0.05, 0) is 55.7 Å². The van der Waals surface area contributed by atoms with Gasteiger partial charge in [0.15, 0.2) is 0 Å². The first kappa shape index (κ1) is 29.5. The number of hydrogen-bond acceptors (Lipinski definition) is 4. The maximum atomic E-state index is 13.5. The first-order chi connectivity index (χ1) is 17.4. The first-order valence-electron chi connectivity index (χ1n) is 11.6. The number of amides is 1. The Morgan fingerprint density at radius 3 is 2.27 bits per heavy atom. The van der Waals surface area contributed by atoms with E-state index < -0.39 is 16.1 Å². The molecule has 0 fully saturated rings. The van der Waals surface area contributed by atoms with Gasteiger partial charge in [-0.25, -0.2) is 8.42 Å². The summed E-state index contributed by atoms with van der Waals surface area (Å²) in [6.45, 7) is 6.03. The number of aryl methyl sites for hydroxylation is 1. The van der Waals surface area contributed by atoms with Crippen LogP contribution in [0.25, 0.3) is 0 Å². The van der Waals surface area contributed by atoms with Crippen LogP contribution in [-0.2, 0) is 21.4 Å². The van der Waals surface area contributed by atoms with Crippen molar-refractivity contribution >= 4 is 55.1 Å². The van der Waals surface area contributed by atoms with Crippen LogP contribution in [-0.4, -0.2) is 32.3 Å². The van der Waals surface area contributed by atoms with Gasteiger partial charge in [-0.2, -0.15) is 4.72 Å². The second-order valence-corrected chi connectivity index (χ2v) is 12.6. The highest BCUT2D eigenvalue weighted by Gasteiger charge is 2.31. The predicted molar refractivity (Wildman–Crippen MR) is 152 cm³/mol. The fraction of sp³-hybridized carbons (Fsp3) is 0.296. The molecule has 0 aliphatic carbocycles. The minimum atomic E-state index is -4.17. The third kappa shape index (κ3) is 7.94. The van der Waals surface area contributed by atoms with Gasteiger partial charge >= 0.3 is 0 Å². The van der Waals surface area contributed by atoms with Gasteiger partial charge in [0.05, 0.1) is 10.0 Å². The molecule has 6 nitrogen and oxygen atoms in total. The summed E-state index contributed by atoms with van der Waals surface area (Å²) in [5.74, 6) is 0.909. The van der Waals surface area contributed by atoms with Crippen LogP contribution < -0.4 is 9.46 Å². The number of hydrogen-bond donors (Lipinski definition) is 1. The molecule has 0 aliphatic heterocycles. The summed E-state index contributed by atoms with van der Waals surface area (Å²) >= 11 is 15.8. The van der Waals surface area contributed by atoms with Gasteiger partial charge in [0.2, 0.25) is 15.9 Å². The number of ether oxygens (including phenoxy) is 1. The molecule has 0 heterocycles. The second kappa shape index (κ2) is 12.6. The number of nitrogens with zero attached hydrogens (tertiary/aromatic N) is 1. The van der Waals surface area contributed by atoms with Crippen molar-refractivity contribution in [2.75, 3.05) is 7.05 Å². The van der Waals surface area contributed by atoms with E-state index >= 15 is 0 Å². The first-order valence-corrected chi connectivity index (χ1v) is 14.6. The Balaban J connectivity index is 1.85. The summed E-state index contributed by atoms with van der Waals surface area (Å²) in [5, 5.41) is -0.0336. The fourth-order valence-electron chi connectivity index (χ4n) is 3.74. The zero-order chi connectivity index (χ0) is 27.3. The van der Waals surface area contributed by atoms with Gasteiger partial charge < -0.3 is 9.64 Å².